The van der Waals surface area contributed by atoms with Crippen LogP contribution in [0.25, 0.3) is 0 Å². The van der Waals surface area contributed by atoms with Crippen LogP contribution >= 0.6 is 0 Å². The zero-order chi connectivity index (χ0) is 17.7. The predicted octanol–water partition coefficient (Wildman–Crippen LogP) is 1.70. The van der Waals surface area contributed by atoms with Crippen LogP contribution in [0, 0.1) is 11.2 Å². The maximum Gasteiger partial charge on any atom is 0.242 e. The van der Waals surface area contributed by atoms with Crippen molar-refractivity contribution in [1.82, 2.24) is 15.5 Å². The number of carbonyl (C=O) groups is 1. The average Bonchev–Trinajstić information content (AvgIpc) is 2.63. The molecule has 0 radical (unpaired) electrons. The highest BCUT2D eigenvalue weighted by atomic mass is 19.1. The Morgan fingerprint density at radius 3 is 2.68 bits per heavy atom. The van der Waals surface area contributed by atoms with Gasteiger partial charge in [-0.2, -0.15) is 0 Å². The molecule has 2 N–H and O–H groups in total. The minimum absolute atomic E-state index is 0.103. The highest BCUT2D eigenvalue weighted by Crippen LogP contribution is 2.28. The molecule has 2 saturated heterocycles. The van der Waals surface area contributed by atoms with Gasteiger partial charge in [-0.15, -0.1) is 0 Å². The van der Waals surface area contributed by atoms with Crippen LogP contribution in [0.5, 0.6) is 0 Å². The lowest BCUT2D eigenvalue weighted by atomic mass is 9.81. The Hall–Kier alpha value is -1.50. The number of amides is 1. The second-order valence-corrected chi connectivity index (χ2v) is 7.35. The smallest absolute Gasteiger partial charge is 0.242 e. The fourth-order valence-corrected chi connectivity index (χ4v) is 3.64. The maximum absolute atomic E-state index is 14.4. The van der Waals surface area contributed by atoms with Gasteiger partial charge in [0.25, 0.3) is 0 Å². The average molecular weight is 349 g/mol. The van der Waals surface area contributed by atoms with Crippen molar-refractivity contribution in [2.24, 2.45) is 5.41 Å². The van der Waals surface area contributed by atoms with Crippen molar-refractivity contribution in [1.29, 1.82) is 0 Å². The summed E-state index contributed by atoms with van der Waals surface area (Å²) < 4.78 is 19.8. The molecule has 2 heterocycles. The largest absolute Gasteiger partial charge is 0.379 e. The van der Waals surface area contributed by atoms with Gasteiger partial charge < -0.3 is 15.4 Å². The van der Waals surface area contributed by atoms with Gasteiger partial charge in [0.2, 0.25) is 5.91 Å². The van der Waals surface area contributed by atoms with E-state index in [1.165, 1.54) is 6.07 Å². The Bertz CT molecular complexity index is 584. The fourth-order valence-electron chi connectivity index (χ4n) is 3.64. The van der Waals surface area contributed by atoms with Crippen LogP contribution in [0.3, 0.4) is 0 Å². The SMILES string of the molecule is CC1(CNC(=O)C(c2ccccc2F)N2CCOCC2)CCNCC1. The zero-order valence-corrected chi connectivity index (χ0v) is 14.9. The van der Waals surface area contributed by atoms with Crippen molar-refractivity contribution in [3.63, 3.8) is 0 Å². The second kappa shape index (κ2) is 8.25. The number of hydrogen-bond donors (Lipinski definition) is 2. The highest BCUT2D eigenvalue weighted by molar-refractivity contribution is 5.83. The summed E-state index contributed by atoms with van der Waals surface area (Å²) in [6.45, 7) is 7.20. The standard InChI is InChI=1S/C19H28FN3O2/c1-19(6-8-21-9-7-19)14-22-18(24)17(23-10-12-25-13-11-23)15-4-2-3-5-16(15)20/h2-5,17,21H,6-14H2,1H3,(H,22,24). The van der Waals surface area contributed by atoms with Crippen LogP contribution in [-0.2, 0) is 9.53 Å². The van der Waals surface area contributed by atoms with E-state index in [1.54, 1.807) is 18.2 Å². The van der Waals surface area contributed by atoms with Crippen molar-refractivity contribution < 1.29 is 13.9 Å². The number of nitrogens with zero attached hydrogens (tertiary/aromatic N) is 1. The Kier molecular flexibility index (Phi) is 6.04. The highest BCUT2D eigenvalue weighted by Gasteiger charge is 2.33. The van der Waals surface area contributed by atoms with Crippen LogP contribution in [0.1, 0.15) is 31.4 Å². The summed E-state index contributed by atoms with van der Waals surface area (Å²) in [6, 6.07) is 5.97. The van der Waals surface area contributed by atoms with Crippen LogP contribution < -0.4 is 10.6 Å². The summed E-state index contributed by atoms with van der Waals surface area (Å²) in [5.41, 5.74) is 0.545. The summed E-state index contributed by atoms with van der Waals surface area (Å²) in [5, 5.41) is 6.45. The lowest BCUT2D eigenvalue weighted by Gasteiger charge is -2.37. The Balaban J connectivity index is 1.74. The first-order chi connectivity index (χ1) is 12.1. The molecule has 1 atom stereocenters. The fraction of sp³-hybridized carbons (Fsp3) is 0.632. The van der Waals surface area contributed by atoms with E-state index in [2.05, 4.69) is 17.6 Å². The molecular formula is C19H28FN3O2. The third-order valence-electron chi connectivity index (χ3n) is 5.36. The quantitative estimate of drug-likeness (QED) is 0.850. The van der Waals surface area contributed by atoms with E-state index >= 15 is 0 Å². The first-order valence-electron chi connectivity index (χ1n) is 9.14. The molecular weight excluding hydrogens is 321 g/mol. The van der Waals surface area contributed by atoms with Crippen molar-refractivity contribution in [2.45, 2.75) is 25.8 Å². The molecule has 3 rings (SSSR count). The second-order valence-electron chi connectivity index (χ2n) is 7.35. The molecule has 6 heteroatoms. The summed E-state index contributed by atoms with van der Waals surface area (Å²) in [4.78, 5) is 15.0. The van der Waals surface area contributed by atoms with E-state index in [0.29, 0.717) is 38.4 Å². The molecule has 0 bridgehead atoms. The molecule has 5 nitrogen and oxygen atoms in total. The van der Waals surface area contributed by atoms with E-state index in [1.807, 2.05) is 4.90 Å². The van der Waals surface area contributed by atoms with Gasteiger partial charge in [0.15, 0.2) is 0 Å². The molecule has 25 heavy (non-hydrogen) atoms. The molecule has 1 aromatic rings. The Labute approximate surface area is 148 Å². The van der Waals surface area contributed by atoms with Gasteiger partial charge in [0.05, 0.1) is 13.2 Å². The maximum atomic E-state index is 14.4. The third kappa shape index (κ3) is 4.57. The van der Waals surface area contributed by atoms with Gasteiger partial charge in [-0.05, 0) is 37.4 Å². The minimum Gasteiger partial charge on any atom is -0.379 e. The number of benzene rings is 1. The zero-order valence-electron chi connectivity index (χ0n) is 14.9. The number of morpholine rings is 1. The van der Waals surface area contributed by atoms with Crippen molar-refractivity contribution in [2.75, 3.05) is 45.9 Å². The molecule has 1 unspecified atom stereocenters. The number of piperidine rings is 1. The van der Waals surface area contributed by atoms with Crippen LogP contribution in [0.15, 0.2) is 24.3 Å². The molecule has 2 fully saturated rings. The van der Waals surface area contributed by atoms with E-state index in [0.717, 1.165) is 25.9 Å². The summed E-state index contributed by atoms with van der Waals surface area (Å²) in [6.07, 6.45) is 2.07. The molecule has 138 valence electrons. The monoisotopic (exact) mass is 349 g/mol. The van der Waals surface area contributed by atoms with Crippen LogP contribution in [0.2, 0.25) is 0 Å². The number of halogens is 1. The van der Waals surface area contributed by atoms with Gasteiger partial charge in [0, 0.05) is 25.2 Å². The molecule has 0 aromatic heterocycles. The molecule has 0 saturated carbocycles. The minimum atomic E-state index is -0.601. The first kappa shape index (κ1) is 18.3. The molecule has 2 aliphatic rings. The van der Waals surface area contributed by atoms with E-state index in [4.69, 9.17) is 4.74 Å². The normalized spacial score (nSPS) is 22.3. The molecule has 2 aliphatic heterocycles. The number of hydrogen-bond acceptors (Lipinski definition) is 4. The summed E-state index contributed by atoms with van der Waals surface area (Å²) in [7, 11) is 0. The van der Waals surface area contributed by atoms with E-state index in [9.17, 15) is 9.18 Å². The van der Waals surface area contributed by atoms with Crippen molar-refractivity contribution >= 4 is 5.91 Å². The Morgan fingerprint density at radius 1 is 1.32 bits per heavy atom. The summed E-state index contributed by atoms with van der Waals surface area (Å²) >= 11 is 0. The predicted molar refractivity (Wildman–Crippen MR) is 94.8 cm³/mol. The topological polar surface area (TPSA) is 53.6 Å². The van der Waals surface area contributed by atoms with Crippen LogP contribution in [0.4, 0.5) is 4.39 Å². The lowest BCUT2D eigenvalue weighted by molar-refractivity contribution is -0.129. The van der Waals surface area contributed by atoms with Crippen LogP contribution in [-0.4, -0.2) is 56.7 Å². The third-order valence-corrected chi connectivity index (χ3v) is 5.36. The van der Waals surface area contributed by atoms with Crippen molar-refractivity contribution in [3.8, 4) is 0 Å². The number of rotatable bonds is 5. The van der Waals surface area contributed by atoms with Gasteiger partial charge in [-0.25, -0.2) is 4.39 Å². The first-order valence-corrected chi connectivity index (χ1v) is 9.14. The van der Waals surface area contributed by atoms with Crippen molar-refractivity contribution in [3.05, 3.63) is 35.6 Å². The van der Waals surface area contributed by atoms with E-state index in [-0.39, 0.29) is 17.1 Å². The van der Waals surface area contributed by atoms with Gasteiger partial charge in [-0.3, -0.25) is 9.69 Å². The molecule has 1 amide bonds. The lowest BCUT2D eigenvalue weighted by Crippen LogP contribution is -2.49. The number of carbonyl (C=O) groups excluding carboxylic acids is 1. The van der Waals surface area contributed by atoms with Gasteiger partial charge in [-0.1, -0.05) is 25.1 Å². The molecule has 1 aromatic carbocycles. The van der Waals surface area contributed by atoms with E-state index < -0.39 is 6.04 Å². The van der Waals surface area contributed by atoms with Gasteiger partial charge >= 0.3 is 0 Å². The molecule has 0 aliphatic carbocycles. The number of ether oxygens (including phenoxy) is 1. The van der Waals surface area contributed by atoms with Gasteiger partial charge in [0.1, 0.15) is 11.9 Å². The summed E-state index contributed by atoms with van der Waals surface area (Å²) in [5.74, 6) is -0.450. The number of nitrogens with one attached hydrogen (secondary N) is 2. The Morgan fingerprint density at radius 2 is 2.00 bits per heavy atom. The molecule has 0 spiro atoms.